The number of methoxy groups -OCH3 is 1. The van der Waals surface area contributed by atoms with E-state index in [1.54, 1.807) is 7.11 Å². The maximum Gasteiger partial charge on any atom is 0.256 e. The van der Waals surface area contributed by atoms with Gasteiger partial charge in [-0.05, 0) is 37.7 Å². The number of nitrogens with one attached hydrogen (secondary N) is 1. The van der Waals surface area contributed by atoms with E-state index in [0.717, 1.165) is 36.9 Å². The van der Waals surface area contributed by atoms with Crippen molar-refractivity contribution in [3.63, 3.8) is 0 Å². The first-order valence-electron chi connectivity index (χ1n) is 9.97. The number of allylic oxidation sites excluding steroid dienone is 2. The zero-order valence-electron chi connectivity index (χ0n) is 15.9. The number of nitrogens with zero attached hydrogens (tertiary/aromatic N) is 2. The minimum Gasteiger partial charge on any atom is -0.481 e. The van der Waals surface area contributed by atoms with Crippen molar-refractivity contribution in [3.8, 4) is 5.88 Å². The molecule has 6 nitrogen and oxygen atoms in total. The Hall–Kier alpha value is -2.37. The third-order valence-electron chi connectivity index (χ3n) is 5.95. The number of carbonyl (C=O) groups excluding carboxylic acids is 2. The maximum absolute atomic E-state index is 12.9. The summed E-state index contributed by atoms with van der Waals surface area (Å²) in [5.41, 5.74) is 2.20. The topological polar surface area (TPSA) is 71.5 Å². The van der Waals surface area contributed by atoms with Gasteiger partial charge in [0.25, 0.3) is 5.91 Å². The largest absolute Gasteiger partial charge is 0.481 e. The summed E-state index contributed by atoms with van der Waals surface area (Å²) in [7, 11) is 1.58. The molecule has 0 bridgehead atoms. The average Bonchev–Trinajstić information content (AvgIpc) is 3.41. The van der Waals surface area contributed by atoms with Crippen LogP contribution in [0.4, 0.5) is 0 Å². The quantitative estimate of drug-likeness (QED) is 0.783. The first kappa shape index (κ1) is 18.0. The van der Waals surface area contributed by atoms with Crippen LogP contribution >= 0.6 is 0 Å². The Morgan fingerprint density at radius 2 is 2.15 bits per heavy atom. The van der Waals surface area contributed by atoms with Crippen molar-refractivity contribution in [2.45, 2.75) is 64.1 Å². The molecule has 1 aliphatic heterocycles. The van der Waals surface area contributed by atoms with E-state index in [4.69, 9.17) is 4.74 Å². The number of ether oxygens (including phenoxy) is 1. The molecule has 4 rings (SSSR count). The first-order chi connectivity index (χ1) is 13.2. The third kappa shape index (κ3) is 3.70. The van der Waals surface area contributed by atoms with E-state index in [1.807, 2.05) is 11.0 Å². The van der Waals surface area contributed by atoms with Crippen LogP contribution in [0.1, 0.15) is 66.6 Å². The van der Waals surface area contributed by atoms with Gasteiger partial charge in [0.2, 0.25) is 11.8 Å². The standard InChI is InChI=1S/C21H27N3O3/c1-27-20-15(12-22-19(25)10-14-6-2-3-7-14)11-17-18(23-20)13-24(21(17)26)16-8-4-5-9-16/h2,6,11,14,16H,3-5,7-10,12-13H2,1H3,(H,22,25)/t14-/m0/s1. The van der Waals surface area contributed by atoms with Crippen molar-refractivity contribution >= 4 is 11.8 Å². The van der Waals surface area contributed by atoms with Gasteiger partial charge in [0.15, 0.2) is 0 Å². The Kier molecular flexibility index (Phi) is 5.14. The Morgan fingerprint density at radius 1 is 1.33 bits per heavy atom. The van der Waals surface area contributed by atoms with Crippen LogP contribution in [0.5, 0.6) is 5.88 Å². The van der Waals surface area contributed by atoms with E-state index < -0.39 is 0 Å². The summed E-state index contributed by atoms with van der Waals surface area (Å²) in [4.78, 5) is 31.6. The molecule has 1 fully saturated rings. The summed E-state index contributed by atoms with van der Waals surface area (Å²) < 4.78 is 5.43. The second-order valence-electron chi connectivity index (χ2n) is 7.77. The fourth-order valence-corrected chi connectivity index (χ4v) is 4.45. The molecule has 0 aromatic carbocycles. The van der Waals surface area contributed by atoms with Crippen LogP contribution in [0.2, 0.25) is 0 Å². The zero-order valence-corrected chi connectivity index (χ0v) is 15.9. The lowest BCUT2D eigenvalue weighted by molar-refractivity contribution is -0.121. The fraction of sp³-hybridized carbons (Fsp3) is 0.571. The molecule has 6 heteroatoms. The molecule has 0 saturated heterocycles. The van der Waals surface area contributed by atoms with Crippen molar-refractivity contribution < 1.29 is 14.3 Å². The normalized spacial score (nSPS) is 21.7. The number of rotatable bonds is 6. The van der Waals surface area contributed by atoms with Gasteiger partial charge in [-0.1, -0.05) is 25.0 Å². The van der Waals surface area contributed by atoms with Crippen molar-refractivity contribution in [2.75, 3.05) is 7.11 Å². The van der Waals surface area contributed by atoms with Gasteiger partial charge in [0, 0.05) is 24.6 Å². The Labute approximate surface area is 160 Å². The number of fused-ring (bicyclic) bond motifs is 1. The van der Waals surface area contributed by atoms with Crippen molar-refractivity contribution in [2.24, 2.45) is 5.92 Å². The van der Waals surface area contributed by atoms with Gasteiger partial charge < -0.3 is 15.0 Å². The fourth-order valence-electron chi connectivity index (χ4n) is 4.45. The van der Waals surface area contributed by atoms with Crippen LogP contribution in [0.15, 0.2) is 18.2 Å². The molecule has 2 heterocycles. The molecule has 144 valence electrons. The van der Waals surface area contributed by atoms with Crippen LogP contribution in [-0.4, -0.2) is 34.8 Å². The molecule has 3 aliphatic rings. The minimum atomic E-state index is 0.0213. The van der Waals surface area contributed by atoms with E-state index in [-0.39, 0.29) is 11.8 Å². The molecule has 1 aromatic rings. The second kappa shape index (κ2) is 7.71. The van der Waals surface area contributed by atoms with Crippen LogP contribution in [0.3, 0.4) is 0 Å². The summed E-state index contributed by atoms with van der Waals surface area (Å²) in [5.74, 6) is 0.922. The van der Waals surface area contributed by atoms with E-state index in [9.17, 15) is 9.59 Å². The van der Waals surface area contributed by atoms with Crippen molar-refractivity contribution in [1.29, 1.82) is 0 Å². The highest BCUT2D eigenvalue weighted by Crippen LogP contribution is 2.33. The number of aromatic nitrogens is 1. The van der Waals surface area contributed by atoms with Crippen LogP contribution in [-0.2, 0) is 17.9 Å². The Bertz CT molecular complexity index is 768. The molecule has 1 aromatic heterocycles. The summed E-state index contributed by atoms with van der Waals surface area (Å²) in [6, 6.07) is 2.19. The summed E-state index contributed by atoms with van der Waals surface area (Å²) in [6.45, 7) is 0.894. The molecule has 0 radical (unpaired) electrons. The molecule has 1 N–H and O–H groups in total. The van der Waals surface area contributed by atoms with Gasteiger partial charge >= 0.3 is 0 Å². The van der Waals surface area contributed by atoms with Crippen molar-refractivity contribution in [3.05, 3.63) is 35.0 Å². The molecule has 2 amide bonds. The molecular weight excluding hydrogens is 342 g/mol. The van der Waals surface area contributed by atoms with E-state index in [2.05, 4.69) is 22.5 Å². The van der Waals surface area contributed by atoms with Gasteiger partial charge in [-0.15, -0.1) is 0 Å². The molecular formula is C21H27N3O3. The average molecular weight is 369 g/mol. The summed E-state index contributed by atoms with van der Waals surface area (Å²) in [6.07, 6.45) is 11.4. The van der Waals surface area contributed by atoms with Gasteiger partial charge in [0.1, 0.15) is 0 Å². The second-order valence-corrected chi connectivity index (χ2v) is 7.77. The Morgan fingerprint density at radius 3 is 2.85 bits per heavy atom. The highest BCUT2D eigenvalue weighted by atomic mass is 16.5. The number of pyridine rings is 1. The van der Waals surface area contributed by atoms with E-state index >= 15 is 0 Å². The predicted octanol–water partition coefficient (Wildman–Crippen LogP) is 2.96. The van der Waals surface area contributed by atoms with Gasteiger partial charge in [-0.3, -0.25) is 9.59 Å². The lowest BCUT2D eigenvalue weighted by Crippen LogP contribution is -2.33. The lowest BCUT2D eigenvalue weighted by atomic mass is 10.0. The van der Waals surface area contributed by atoms with Gasteiger partial charge in [0.05, 0.1) is 24.9 Å². The van der Waals surface area contributed by atoms with Crippen LogP contribution in [0, 0.1) is 5.92 Å². The Balaban J connectivity index is 1.45. The molecule has 0 unspecified atom stereocenters. The van der Waals surface area contributed by atoms with Gasteiger partial charge in [-0.2, -0.15) is 0 Å². The van der Waals surface area contributed by atoms with E-state index in [0.29, 0.717) is 42.9 Å². The van der Waals surface area contributed by atoms with Crippen LogP contribution in [0.25, 0.3) is 0 Å². The number of carbonyl (C=O) groups is 2. The number of hydrogen-bond donors (Lipinski definition) is 1. The minimum absolute atomic E-state index is 0.0213. The first-order valence-corrected chi connectivity index (χ1v) is 9.97. The SMILES string of the molecule is COc1nc2c(cc1CNC(=O)C[C@H]1C=CCC1)C(=O)N(C1CCCC1)C2. The zero-order chi connectivity index (χ0) is 18.8. The predicted molar refractivity (Wildman–Crippen MR) is 101 cm³/mol. The molecule has 0 spiro atoms. The molecule has 2 aliphatic carbocycles. The van der Waals surface area contributed by atoms with E-state index in [1.165, 1.54) is 12.8 Å². The molecule has 27 heavy (non-hydrogen) atoms. The highest BCUT2D eigenvalue weighted by Gasteiger charge is 2.35. The number of hydrogen-bond acceptors (Lipinski definition) is 4. The molecule has 1 atom stereocenters. The van der Waals surface area contributed by atoms with Gasteiger partial charge in [-0.25, -0.2) is 4.98 Å². The monoisotopic (exact) mass is 369 g/mol. The van der Waals surface area contributed by atoms with Crippen LogP contribution < -0.4 is 10.1 Å². The smallest absolute Gasteiger partial charge is 0.256 e. The number of amides is 2. The third-order valence-corrected chi connectivity index (χ3v) is 5.95. The maximum atomic E-state index is 12.9. The highest BCUT2D eigenvalue weighted by molar-refractivity contribution is 5.98. The summed E-state index contributed by atoms with van der Waals surface area (Å²) >= 11 is 0. The molecule has 1 saturated carbocycles. The lowest BCUT2D eigenvalue weighted by Gasteiger charge is -2.22. The summed E-state index contributed by atoms with van der Waals surface area (Å²) in [5, 5.41) is 2.96. The van der Waals surface area contributed by atoms with Crippen molar-refractivity contribution in [1.82, 2.24) is 15.2 Å².